The summed E-state index contributed by atoms with van der Waals surface area (Å²) in [6, 6.07) is 13.6. The number of para-hydroxylation sites is 2. The summed E-state index contributed by atoms with van der Waals surface area (Å²) in [4.78, 5) is 9.08. The fourth-order valence-electron chi connectivity index (χ4n) is 2.05. The lowest BCUT2D eigenvalue weighted by Gasteiger charge is -2.03. The molecule has 0 atom stereocenters. The zero-order valence-corrected chi connectivity index (χ0v) is 15.1. The Morgan fingerprint density at radius 3 is 1.88 bits per heavy atom. The molecular weight excluding hydrogens is 344 g/mol. The van der Waals surface area contributed by atoms with Crippen molar-refractivity contribution in [2.24, 2.45) is 0 Å². The van der Waals surface area contributed by atoms with Crippen LogP contribution in [0.25, 0.3) is 22.1 Å². The molecule has 2 aromatic carbocycles. The van der Waals surface area contributed by atoms with Gasteiger partial charge in [-0.3, -0.25) is 0 Å². The van der Waals surface area contributed by atoms with E-state index in [9.17, 15) is 8.42 Å². The first kappa shape index (κ1) is 19.0. The topological polar surface area (TPSA) is 87.6 Å². The fraction of sp³-hybridized carbons (Fsp3) is 0.294. The summed E-state index contributed by atoms with van der Waals surface area (Å²) >= 11 is 0. The lowest BCUT2D eigenvalue weighted by Crippen LogP contribution is -2.09. The summed E-state index contributed by atoms with van der Waals surface area (Å²) in [7, 11) is -2.03. The largest absolute Gasteiger partial charge is 0.497 e. The molecule has 3 aromatic rings. The van der Waals surface area contributed by atoms with Crippen molar-refractivity contribution in [1.29, 1.82) is 0 Å². The summed E-state index contributed by atoms with van der Waals surface area (Å²) in [5.41, 5.74) is 3.57. The van der Waals surface area contributed by atoms with Crippen molar-refractivity contribution >= 4 is 32.5 Å². The highest BCUT2D eigenvalue weighted by molar-refractivity contribution is 7.81. The molecule has 0 saturated carbocycles. The first-order chi connectivity index (χ1) is 12.0. The third kappa shape index (κ3) is 5.35. The van der Waals surface area contributed by atoms with Gasteiger partial charge in [0.05, 0.1) is 42.4 Å². The number of aromatic nitrogens is 2. The van der Waals surface area contributed by atoms with Crippen LogP contribution in [0.3, 0.4) is 0 Å². The van der Waals surface area contributed by atoms with E-state index in [1.807, 2.05) is 42.5 Å². The number of hydrogen-bond acceptors (Lipinski definition) is 7. The fourth-order valence-corrected chi connectivity index (χ4v) is 2.70. The average molecular weight is 364 g/mol. The van der Waals surface area contributed by atoms with Crippen LogP contribution in [0, 0.1) is 0 Å². The van der Waals surface area contributed by atoms with E-state index < -0.39 is 10.4 Å². The smallest absolute Gasteiger partial charge is 0.399 e. The molecule has 25 heavy (non-hydrogen) atoms. The van der Waals surface area contributed by atoms with E-state index in [4.69, 9.17) is 4.74 Å². The van der Waals surface area contributed by atoms with Gasteiger partial charge >= 0.3 is 10.4 Å². The van der Waals surface area contributed by atoms with Crippen LogP contribution in [0.2, 0.25) is 0 Å². The zero-order chi connectivity index (χ0) is 18.3. The molecule has 0 radical (unpaired) electrons. The van der Waals surface area contributed by atoms with Crippen LogP contribution < -0.4 is 4.74 Å². The second kappa shape index (κ2) is 8.70. The van der Waals surface area contributed by atoms with E-state index in [1.165, 1.54) is 0 Å². The van der Waals surface area contributed by atoms with Crippen molar-refractivity contribution in [3.05, 3.63) is 42.5 Å². The van der Waals surface area contributed by atoms with Gasteiger partial charge in [0.2, 0.25) is 0 Å². The molecule has 0 spiro atoms. The van der Waals surface area contributed by atoms with Crippen LogP contribution in [0.5, 0.6) is 5.75 Å². The lowest BCUT2D eigenvalue weighted by molar-refractivity contribution is 0.231. The van der Waals surface area contributed by atoms with Gasteiger partial charge in [-0.05, 0) is 38.1 Å². The summed E-state index contributed by atoms with van der Waals surface area (Å²) in [5, 5.41) is 0. The monoisotopic (exact) mass is 364 g/mol. The number of benzene rings is 2. The molecule has 8 heteroatoms. The van der Waals surface area contributed by atoms with Crippen molar-refractivity contribution in [3.63, 3.8) is 0 Å². The third-order valence-electron chi connectivity index (χ3n) is 3.07. The summed E-state index contributed by atoms with van der Waals surface area (Å²) in [6.07, 6.45) is 0. The Bertz CT molecular complexity index is 932. The predicted molar refractivity (Wildman–Crippen MR) is 95.8 cm³/mol. The van der Waals surface area contributed by atoms with Crippen LogP contribution in [0.1, 0.15) is 13.8 Å². The van der Waals surface area contributed by atoms with Gasteiger partial charge in [-0.15, -0.1) is 0 Å². The van der Waals surface area contributed by atoms with Gasteiger partial charge in [-0.2, -0.15) is 8.42 Å². The molecule has 0 unspecified atom stereocenters. The van der Waals surface area contributed by atoms with Crippen molar-refractivity contribution in [3.8, 4) is 5.75 Å². The highest BCUT2D eigenvalue weighted by Gasteiger charge is 2.07. The number of hydrogen-bond donors (Lipinski definition) is 0. The standard InChI is InChI=1S/C13H10N2O.C4H10O4S/c1-16-9-6-7-12-13(8-9)15-11-5-3-2-4-10(11)14-12;1-3-7-9(5,6)8-4-2/h2-8H,1H3;3-4H2,1-2H3. The van der Waals surface area contributed by atoms with Gasteiger partial charge in [-0.25, -0.2) is 18.3 Å². The van der Waals surface area contributed by atoms with E-state index in [2.05, 4.69) is 18.3 Å². The van der Waals surface area contributed by atoms with Crippen molar-refractivity contribution in [1.82, 2.24) is 9.97 Å². The molecule has 134 valence electrons. The highest BCUT2D eigenvalue weighted by Crippen LogP contribution is 2.20. The Hall–Kier alpha value is -2.29. The minimum atomic E-state index is -3.68. The Labute approximate surface area is 146 Å². The number of fused-ring (bicyclic) bond motifs is 2. The van der Waals surface area contributed by atoms with Crippen molar-refractivity contribution in [2.45, 2.75) is 13.8 Å². The molecular formula is C17H20N2O5S. The lowest BCUT2D eigenvalue weighted by atomic mass is 10.2. The quantitative estimate of drug-likeness (QED) is 0.643. The van der Waals surface area contributed by atoms with E-state index >= 15 is 0 Å². The van der Waals surface area contributed by atoms with Crippen LogP contribution in [0.15, 0.2) is 42.5 Å². The van der Waals surface area contributed by atoms with E-state index in [-0.39, 0.29) is 13.2 Å². The Morgan fingerprint density at radius 1 is 0.840 bits per heavy atom. The SMILES string of the molecule is CCOS(=O)(=O)OCC.COc1ccc2nc3ccccc3nc2c1. The van der Waals surface area contributed by atoms with Crippen LogP contribution in [0.4, 0.5) is 0 Å². The minimum absolute atomic E-state index is 0.113. The van der Waals surface area contributed by atoms with Gasteiger partial charge in [0, 0.05) is 6.07 Å². The summed E-state index contributed by atoms with van der Waals surface area (Å²) < 4.78 is 34.4. The highest BCUT2D eigenvalue weighted by atomic mass is 32.3. The molecule has 0 bridgehead atoms. The first-order valence-electron chi connectivity index (χ1n) is 7.73. The third-order valence-corrected chi connectivity index (χ3v) is 4.12. The average Bonchev–Trinajstić information content (AvgIpc) is 2.59. The molecule has 0 N–H and O–H groups in total. The molecule has 3 rings (SSSR count). The Balaban J connectivity index is 0.000000217. The Kier molecular flexibility index (Phi) is 6.63. The van der Waals surface area contributed by atoms with Gasteiger partial charge in [0.25, 0.3) is 0 Å². The maximum absolute atomic E-state index is 10.4. The van der Waals surface area contributed by atoms with Crippen LogP contribution in [-0.2, 0) is 18.8 Å². The molecule has 0 aliphatic carbocycles. The zero-order valence-electron chi connectivity index (χ0n) is 14.3. The predicted octanol–water partition coefficient (Wildman–Crippen LogP) is 3.10. The van der Waals surface area contributed by atoms with Crippen molar-refractivity contribution in [2.75, 3.05) is 20.3 Å². The number of rotatable bonds is 5. The molecule has 0 fully saturated rings. The van der Waals surface area contributed by atoms with Crippen LogP contribution in [-0.4, -0.2) is 38.7 Å². The van der Waals surface area contributed by atoms with Gasteiger partial charge in [0.15, 0.2) is 0 Å². The number of nitrogens with zero attached hydrogens (tertiary/aromatic N) is 2. The van der Waals surface area contributed by atoms with Crippen LogP contribution >= 0.6 is 0 Å². The summed E-state index contributed by atoms with van der Waals surface area (Å²) in [6.45, 7) is 3.39. The number of methoxy groups -OCH3 is 1. The van der Waals surface area contributed by atoms with Crippen molar-refractivity contribution < 1.29 is 21.5 Å². The first-order valence-corrected chi connectivity index (χ1v) is 9.06. The molecule has 0 aliphatic rings. The molecule has 7 nitrogen and oxygen atoms in total. The van der Waals surface area contributed by atoms with Gasteiger partial charge in [0.1, 0.15) is 5.75 Å². The maximum Gasteiger partial charge on any atom is 0.399 e. The summed E-state index contributed by atoms with van der Waals surface area (Å²) in [5.74, 6) is 0.803. The van der Waals surface area contributed by atoms with E-state index in [0.29, 0.717) is 0 Å². The van der Waals surface area contributed by atoms with Gasteiger partial charge in [-0.1, -0.05) is 12.1 Å². The molecule has 1 heterocycles. The second-order valence-electron chi connectivity index (χ2n) is 4.79. The molecule has 1 aromatic heterocycles. The Morgan fingerprint density at radius 2 is 1.36 bits per heavy atom. The van der Waals surface area contributed by atoms with E-state index in [1.54, 1.807) is 21.0 Å². The maximum atomic E-state index is 10.4. The number of ether oxygens (including phenoxy) is 1. The molecule has 0 amide bonds. The minimum Gasteiger partial charge on any atom is -0.497 e. The van der Waals surface area contributed by atoms with E-state index in [0.717, 1.165) is 27.8 Å². The van der Waals surface area contributed by atoms with Gasteiger partial charge < -0.3 is 4.74 Å². The molecule has 0 aliphatic heterocycles. The second-order valence-corrected chi connectivity index (χ2v) is 6.08. The molecule has 0 saturated heterocycles. The normalized spacial score (nSPS) is 11.2.